The number of ether oxygens (including phenoxy) is 2. The smallest absolute Gasteiger partial charge is 0.291 e. The summed E-state index contributed by atoms with van der Waals surface area (Å²) < 4.78 is 11.0. The van der Waals surface area contributed by atoms with Gasteiger partial charge in [-0.3, -0.25) is 15.1 Å². The largest absolute Gasteiger partial charge is 0.505 e. The van der Waals surface area contributed by atoms with E-state index in [1.807, 2.05) is 0 Å². The number of methoxy groups -OCH3 is 1. The van der Waals surface area contributed by atoms with Gasteiger partial charge >= 0.3 is 0 Å². The Morgan fingerprint density at radius 2 is 2.04 bits per heavy atom. The normalized spacial score (nSPS) is 11.1. The number of aromatic hydroxyl groups is 1. The lowest BCUT2D eigenvalue weighted by molar-refractivity contribution is -0.384. The zero-order valence-corrected chi connectivity index (χ0v) is 15.4. The molecular formula is C18H19ClN2O5. The minimum atomic E-state index is -0.670. The van der Waals surface area contributed by atoms with E-state index in [0.717, 1.165) is 6.07 Å². The van der Waals surface area contributed by atoms with Crippen molar-refractivity contribution in [3.63, 3.8) is 0 Å². The molecule has 0 saturated heterocycles. The van der Waals surface area contributed by atoms with Gasteiger partial charge in [0.15, 0.2) is 11.5 Å². The van der Waals surface area contributed by atoms with E-state index in [0.29, 0.717) is 29.6 Å². The van der Waals surface area contributed by atoms with Crippen LogP contribution in [0.1, 0.15) is 19.4 Å². The van der Waals surface area contributed by atoms with Gasteiger partial charge in [-0.2, -0.15) is 0 Å². The first-order valence-electron chi connectivity index (χ1n) is 7.83. The summed E-state index contributed by atoms with van der Waals surface area (Å²) in [4.78, 5) is 14.3. The Balaban J connectivity index is 2.25. The maximum absolute atomic E-state index is 10.8. The van der Waals surface area contributed by atoms with Gasteiger partial charge in [0, 0.05) is 6.21 Å². The van der Waals surface area contributed by atoms with Crippen LogP contribution < -0.4 is 9.47 Å². The van der Waals surface area contributed by atoms with Crippen molar-refractivity contribution in [2.75, 3.05) is 13.7 Å². The summed E-state index contributed by atoms with van der Waals surface area (Å²) in [5.41, 5.74) is 0.448. The van der Waals surface area contributed by atoms with Gasteiger partial charge in [-0.05, 0) is 35.7 Å². The average Bonchev–Trinajstić information content (AvgIpc) is 2.60. The van der Waals surface area contributed by atoms with Crippen molar-refractivity contribution < 1.29 is 19.5 Å². The summed E-state index contributed by atoms with van der Waals surface area (Å²) in [6.45, 7) is 4.67. The monoisotopic (exact) mass is 378 g/mol. The molecule has 1 N–H and O–H groups in total. The van der Waals surface area contributed by atoms with E-state index in [9.17, 15) is 15.2 Å². The van der Waals surface area contributed by atoms with Crippen LogP contribution in [-0.2, 0) is 0 Å². The number of nitrogens with zero attached hydrogens (tertiary/aromatic N) is 2. The molecule has 0 aromatic heterocycles. The molecule has 0 aliphatic carbocycles. The molecule has 0 fully saturated rings. The number of halogens is 1. The number of phenolic OH excluding ortho intramolecular Hbond substituents is 1. The van der Waals surface area contributed by atoms with Crippen LogP contribution in [-0.4, -0.2) is 30.0 Å². The zero-order chi connectivity index (χ0) is 19.3. The third-order valence-corrected chi connectivity index (χ3v) is 3.66. The van der Waals surface area contributed by atoms with E-state index < -0.39 is 4.92 Å². The molecule has 138 valence electrons. The molecule has 0 radical (unpaired) electrons. The predicted octanol–water partition coefficient (Wildman–Crippen LogP) is 4.75. The fourth-order valence-electron chi connectivity index (χ4n) is 2.07. The molecule has 2 aromatic rings. The van der Waals surface area contributed by atoms with Gasteiger partial charge in [-0.1, -0.05) is 25.4 Å². The number of rotatable bonds is 7. The van der Waals surface area contributed by atoms with E-state index in [1.165, 1.54) is 12.3 Å². The summed E-state index contributed by atoms with van der Waals surface area (Å²) in [5, 5.41) is 20.6. The first-order valence-corrected chi connectivity index (χ1v) is 8.21. The molecule has 0 aliphatic rings. The number of aliphatic imine (C=N–C) groups is 1. The second-order valence-electron chi connectivity index (χ2n) is 5.92. The van der Waals surface area contributed by atoms with Gasteiger partial charge in [-0.15, -0.1) is 0 Å². The van der Waals surface area contributed by atoms with E-state index in [2.05, 4.69) is 18.8 Å². The van der Waals surface area contributed by atoms with E-state index in [4.69, 9.17) is 21.1 Å². The predicted molar refractivity (Wildman–Crippen MR) is 100 cm³/mol. The van der Waals surface area contributed by atoms with Crippen molar-refractivity contribution in [2.45, 2.75) is 13.8 Å². The molecule has 0 amide bonds. The highest BCUT2D eigenvalue weighted by Crippen LogP contribution is 2.36. The standard InChI is InChI=1S/C18H19ClN2O5/c1-11(2)10-26-17-5-4-12(6-18(17)25-3)9-20-14-7-13(19)15(21(23)24)8-16(14)22/h4-9,11,22H,10H2,1-3H3. The molecule has 0 heterocycles. The molecular weight excluding hydrogens is 360 g/mol. The maximum Gasteiger partial charge on any atom is 0.291 e. The van der Waals surface area contributed by atoms with Crippen LogP contribution in [0.4, 0.5) is 11.4 Å². The molecule has 2 aromatic carbocycles. The van der Waals surface area contributed by atoms with Crippen LogP contribution in [0.2, 0.25) is 5.02 Å². The SMILES string of the molecule is COc1cc(C=Nc2cc(Cl)c([N+](=O)[O-])cc2O)ccc1OCC(C)C. The Labute approximate surface area is 156 Å². The van der Waals surface area contributed by atoms with Crippen LogP contribution in [0.15, 0.2) is 35.3 Å². The first kappa shape index (κ1) is 19.5. The van der Waals surface area contributed by atoms with Crippen molar-refractivity contribution in [1.82, 2.24) is 0 Å². The fraction of sp³-hybridized carbons (Fsp3) is 0.278. The fourth-order valence-corrected chi connectivity index (χ4v) is 2.29. The second-order valence-corrected chi connectivity index (χ2v) is 6.33. The van der Waals surface area contributed by atoms with Gasteiger partial charge in [0.2, 0.25) is 0 Å². The first-order chi connectivity index (χ1) is 12.3. The Bertz CT molecular complexity index is 837. The Morgan fingerprint density at radius 3 is 2.65 bits per heavy atom. The van der Waals surface area contributed by atoms with Crippen LogP contribution in [0.3, 0.4) is 0 Å². The highest BCUT2D eigenvalue weighted by atomic mass is 35.5. The maximum atomic E-state index is 10.8. The van der Waals surface area contributed by atoms with Gasteiger partial charge in [0.25, 0.3) is 5.69 Å². The third kappa shape index (κ3) is 4.86. The van der Waals surface area contributed by atoms with E-state index in [-0.39, 0.29) is 22.1 Å². The molecule has 2 rings (SSSR count). The lowest BCUT2D eigenvalue weighted by atomic mass is 10.2. The summed E-state index contributed by atoms with van der Waals surface area (Å²) >= 11 is 5.84. The quantitative estimate of drug-likeness (QED) is 0.426. The summed E-state index contributed by atoms with van der Waals surface area (Å²) in [5.74, 6) is 1.23. The number of nitro groups is 1. The van der Waals surface area contributed by atoms with Gasteiger partial charge in [0.1, 0.15) is 16.5 Å². The van der Waals surface area contributed by atoms with Crippen molar-refractivity contribution in [3.05, 3.63) is 51.0 Å². The van der Waals surface area contributed by atoms with Crippen molar-refractivity contribution in [1.29, 1.82) is 0 Å². The number of phenols is 1. The summed E-state index contributed by atoms with van der Waals surface area (Å²) in [6.07, 6.45) is 1.49. The van der Waals surface area contributed by atoms with E-state index >= 15 is 0 Å². The topological polar surface area (TPSA) is 94.2 Å². The minimum Gasteiger partial charge on any atom is -0.505 e. The molecule has 8 heteroatoms. The molecule has 0 spiro atoms. The zero-order valence-electron chi connectivity index (χ0n) is 14.6. The van der Waals surface area contributed by atoms with Crippen LogP contribution >= 0.6 is 11.6 Å². The number of hydrogen-bond acceptors (Lipinski definition) is 6. The van der Waals surface area contributed by atoms with Crippen molar-refractivity contribution in [2.24, 2.45) is 10.9 Å². The number of nitro benzene ring substituents is 1. The third-order valence-electron chi connectivity index (χ3n) is 3.35. The average molecular weight is 379 g/mol. The number of hydrogen-bond donors (Lipinski definition) is 1. The molecule has 0 atom stereocenters. The summed E-state index contributed by atoms with van der Waals surface area (Å²) in [6, 6.07) is 7.50. The van der Waals surface area contributed by atoms with E-state index in [1.54, 1.807) is 25.3 Å². The molecule has 0 saturated carbocycles. The molecule has 0 bridgehead atoms. The Hall–Kier alpha value is -2.80. The summed E-state index contributed by atoms with van der Waals surface area (Å²) in [7, 11) is 1.54. The lowest BCUT2D eigenvalue weighted by Crippen LogP contribution is -2.05. The molecule has 7 nitrogen and oxygen atoms in total. The lowest BCUT2D eigenvalue weighted by Gasteiger charge is -2.12. The Morgan fingerprint density at radius 1 is 1.31 bits per heavy atom. The van der Waals surface area contributed by atoms with Gasteiger partial charge < -0.3 is 14.6 Å². The van der Waals surface area contributed by atoms with Crippen LogP contribution in [0.25, 0.3) is 0 Å². The van der Waals surface area contributed by atoms with Crippen LogP contribution in [0, 0.1) is 16.0 Å². The van der Waals surface area contributed by atoms with Gasteiger partial charge in [-0.25, -0.2) is 0 Å². The van der Waals surface area contributed by atoms with Crippen LogP contribution in [0.5, 0.6) is 17.2 Å². The minimum absolute atomic E-state index is 0.102. The highest BCUT2D eigenvalue weighted by molar-refractivity contribution is 6.33. The van der Waals surface area contributed by atoms with Crippen molar-refractivity contribution >= 4 is 29.2 Å². The molecule has 26 heavy (non-hydrogen) atoms. The van der Waals surface area contributed by atoms with Gasteiger partial charge in [0.05, 0.1) is 24.7 Å². The second kappa shape index (κ2) is 8.53. The molecule has 0 aliphatic heterocycles. The molecule has 0 unspecified atom stereocenters. The number of benzene rings is 2. The highest BCUT2D eigenvalue weighted by Gasteiger charge is 2.16. The Kier molecular flexibility index (Phi) is 6.41. The van der Waals surface area contributed by atoms with Crippen molar-refractivity contribution in [3.8, 4) is 17.2 Å².